The Balaban J connectivity index is 1.00. The molecule has 0 saturated heterocycles. The van der Waals surface area contributed by atoms with Crippen LogP contribution in [0.2, 0.25) is 0 Å². The third-order valence-electron chi connectivity index (χ3n) is 16.2. The van der Waals surface area contributed by atoms with Crippen molar-refractivity contribution in [3.8, 4) is 89.0 Å². The normalized spacial score (nSPS) is 11.6. The van der Waals surface area contributed by atoms with Crippen LogP contribution in [0.15, 0.2) is 303 Å². The van der Waals surface area contributed by atoms with Crippen LogP contribution in [0.5, 0.6) is 0 Å². The Kier molecular flexibility index (Phi) is 11.0. The molecule has 15 rings (SSSR count). The fourth-order valence-electron chi connectivity index (χ4n) is 12.8. The Hall–Kier alpha value is -10.1. The van der Waals surface area contributed by atoms with Crippen molar-refractivity contribution in [3.05, 3.63) is 303 Å². The summed E-state index contributed by atoms with van der Waals surface area (Å²) in [6.45, 7) is 0. The molecule has 0 N–H and O–H groups in total. The Morgan fingerprint density at radius 1 is 0.103 bits per heavy atom. The van der Waals surface area contributed by atoms with Gasteiger partial charge in [0.15, 0.2) is 0 Å². The van der Waals surface area contributed by atoms with E-state index in [0.29, 0.717) is 0 Å². The quantitative estimate of drug-likeness (QED) is 0.133. The SMILES string of the molecule is c1ccc(-c2ccc3c(-c4ccccc4)c4cc(-c5c6ccccc6c(-c6ccc7c(-c8ccccc8)c8cc(-c9ccccc9)ccc8c(-c8ccccc8)c7c6)c6ccccc56)ccc4c(-c4ccccc4)c3c2)cc1. The maximum Gasteiger partial charge on any atom is -0.00261 e. The van der Waals surface area contributed by atoms with E-state index in [1.807, 2.05) is 0 Å². The maximum atomic E-state index is 2.49. The van der Waals surface area contributed by atoms with Crippen LogP contribution in [-0.2, 0) is 0 Å². The second kappa shape index (κ2) is 18.9. The molecular formula is C78H50. The van der Waals surface area contributed by atoms with Crippen molar-refractivity contribution in [1.29, 1.82) is 0 Å². The van der Waals surface area contributed by atoms with Crippen molar-refractivity contribution < 1.29 is 0 Å². The molecule has 0 heteroatoms. The summed E-state index contributed by atoms with van der Waals surface area (Å²) in [5.41, 5.74) is 19.5. The summed E-state index contributed by atoms with van der Waals surface area (Å²) in [6.07, 6.45) is 0. The molecule has 362 valence electrons. The van der Waals surface area contributed by atoms with Crippen molar-refractivity contribution in [2.24, 2.45) is 0 Å². The minimum Gasteiger partial charge on any atom is -0.0622 e. The van der Waals surface area contributed by atoms with E-state index in [9.17, 15) is 0 Å². The highest BCUT2D eigenvalue weighted by Gasteiger charge is 2.23. The molecule has 15 aromatic carbocycles. The van der Waals surface area contributed by atoms with Crippen molar-refractivity contribution >= 4 is 64.6 Å². The minimum absolute atomic E-state index is 1.19. The fraction of sp³-hybridized carbons (Fsp3) is 0. The average Bonchev–Trinajstić information content (AvgIpc) is 3.71. The van der Waals surface area contributed by atoms with Crippen LogP contribution in [0.25, 0.3) is 154 Å². The van der Waals surface area contributed by atoms with Gasteiger partial charge in [0, 0.05) is 0 Å². The van der Waals surface area contributed by atoms with Gasteiger partial charge in [0.1, 0.15) is 0 Å². The van der Waals surface area contributed by atoms with E-state index in [2.05, 4.69) is 303 Å². The molecule has 0 nitrogen and oxygen atoms in total. The second-order valence-electron chi connectivity index (χ2n) is 20.6. The molecule has 15 aromatic rings. The monoisotopic (exact) mass is 986 g/mol. The van der Waals surface area contributed by atoms with Gasteiger partial charge in [0.25, 0.3) is 0 Å². The molecule has 0 atom stereocenters. The number of benzene rings is 15. The topological polar surface area (TPSA) is 0 Å². The molecule has 0 aliphatic rings. The molecule has 0 fully saturated rings. The van der Waals surface area contributed by atoms with Gasteiger partial charge in [0.2, 0.25) is 0 Å². The smallest absolute Gasteiger partial charge is 0.00261 e. The molecule has 0 aromatic heterocycles. The van der Waals surface area contributed by atoms with E-state index in [1.54, 1.807) is 0 Å². The van der Waals surface area contributed by atoms with E-state index in [-0.39, 0.29) is 0 Å². The summed E-state index contributed by atoms with van der Waals surface area (Å²) in [5.74, 6) is 0. The van der Waals surface area contributed by atoms with E-state index in [1.165, 1.54) is 154 Å². The summed E-state index contributed by atoms with van der Waals surface area (Å²) >= 11 is 0. The first-order valence-electron chi connectivity index (χ1n) is 27.1. The predicted molar refractivity (Wildman–Crippen MR) is 335 cm³/mol. The first-order chi connectivity index (χ1) is 38.7. The van der Waals surface area contributed by atoms with Gasteiger partial charge in [-0.2, -0.15) is 0 Å². The van der Waals surface area contributed by atoms with E-state index in [0.717, 1.165) is 0 Å². The highest BCUT2D eigenvalue weighted by molar-refractivity contribution is 6.27. The van der Waals surface area contributed by atoms with E-state index < -0.39 is 0 Å². The first-order valence-corrected chi connectivity index (χ1v) is 27.1. The van der Waals surface area contributed by atoms with Crippen LogP contribution in [0.1, 0.15) is 0 Å². The van der Waals surface area contributed by atoms with Gasteiger partial charge in [-0.15, -0.1) is 0 Å². The van der Waals surface area contributed by atoms with Crippen LogP contribution in [0, 0.1) is 0 Å². The molecular weight excluding hydrogens is 937 g/mol. The molecule has 0 aliphatic heterocycles. The Morgan fingerprint density at radius 2 is 0.282 bits per heavy atom. The lowest BCUT2D eigenvalue weighted by Gasteiger charge is -2.22. The van der Waals surface area contributed by atoms with E-state index >= 15 is 0 Å². The fourth-order valence-corrected chi connectivity index (χ4v) is 12.8. The Bertz CT molecular complexity index is 4410. The summed E-state index contributed by atoms with van der Waals surface area (Å²) in [7, 11) is 0. The second-order valence-corrected chi connectivity index (χ2v) is 20.6. The maximum absolute atomic E-state index is 2.49. The zero-order chi connectivity index (χ0) is 51.5. The molecule has 78 heavy (non-hydrogen) atoms. The summed E-state index contributed by atoms with van der Waals surface area (Å²) in [5, 5.41) is 14.8. The van der Waals surface area contributed by atoms with Gasteiger partial charge in [0.05, 0.1) is 0 Å². The number of hydrogen-bond donors (Lipinski definition) is 0. The first kappa shape index (κ1) is 45.3. The molecule has 0 bridgehead atoms. The standard InChI is InChI=1S/C78H50/c1-7-23-51(24-8-1)57-39-43-65-69(47-57)73(53-27-11-3-12-28-53)67-45-41-59(49-71(67)75(65)55-31-15-5-16-32-55)77-61-35-19-21-37-63(61)78(64-38-22-20-36-62(64)77)60-42-46-68-72(50-60)76(56-33-17-6-18-34-56)66-44-40-58(52-25-9-2-10-26-52)48-70(66)74(68)54-29-13-4-14-30-54/h1-50H. The third kappa shape index (κ3) is 7.53. The minimum atomic E-state index is 1.19. The predicted octanol–water partition coefficient (Wildman–Crippen LogP) is 21.9. The van der Waals surface area contributed by atoms with Gasteiger partial charge in [-0.25, -0.2) is 0 Å². The molecule has 0 spiro atoms. The van der Waals surface area contributed by atoms with Gasteiger partial charge < -0.3 is 0 Å². The highest BCUT2D eigenvalue weighted by atomic mass is 14.3. The van der Waals surface area contributed by atoms with Crippen molar-refractivity contribution in [1.82, 2.24) is 0 Å². The molecule has 0 heterocycles. The van der Waals surface area contributed by atoms with Crippen LogP contribution >= 0.6 is 0 Å². The number of rotatable bonds is 8. The number of fused-ring (bicyclic) bond motifs is 6. The Labute approximate surface area is 454 Å². The Morgan fingerprint density at radius 3 is 0.538 bits per heavy atom. The summed E-state index contributed by atoms with van der Waals surface area (Å²) in [4.78, 5) is 0. The lowest BCUT2D eigenvalue weighted by atomic mass is 9.81. The van der Waals surface area contributed by atoms with Crippen LogP contribution in [-0.4, -0.2) is 0 Å². The van der Waals surface area contributed by atoms with Crippen LogP contribution in [0.3, 0.4) is 0 Å². The van der Waals surface area contributed by atoms with Crippen LogP contribution in [0.4, 0.5) is 0 Å². The molecule has 0 amide bonds. The molecule has 0 aliphatic carbocycles. The molecule has 0 radical (unpaired) electrons. The van der Waals surface area contributed by atoms with Crippen molar-refractivity contribution in [2.45, 2.75) is 0 Å². The van der Waals surface area contributed by atoms with Crippen LogP contribution < -0.4 is 0 Å². The zero-order valence-corrected chi connectivity index (χ0v) is 42.9. The highest BCUT2D eigenvalue weighted by Crippen LogP contribution is 2.51. The van der Waals surface area contributed by atoms with Crippen molar-refractivity contribution in [3.63, 3.8) is 0 Å². The van der Waals surface area contributed by atoms with Gasteiger partial charge >= 0.3 is 0 Å². The van der Waals surface area contributed by atoms with Gasteiger partial charge in [-0.3, -0.25) is 0 Å². The van der Waals surface area contributed by atoms with Crippen molar-refractivity contribution in [2.75, 3.05) is 0 Å². The molecule has 0 unspecified atom stereocenters. The third-order valence-corrected chi connectivity index (χ3v) is 16.2. The zero-order valence-electron chi connectivity index (χ0n) is 42.9. The average molecular weight is 987 g/mol. The van der Waals surface area contributed by atoms with Gasteiger partial charge in [-0.1, -0.05) is 279 Å². The summed E-state index contributed by atoms with van der Waals surface area (Å²) < 4.78 is 0. The lowest BCUT2D eigenvalue weighted by molar-refractivity contribution is 1.62. The molecule has 0 saturated carbocycles. The van der Waals surface area contributed by atoms with Gasteiger partial charge in [-0.05, 0) is 178 Å². The largest absolute Gasteiger partial charge is 0.0622 e. The lowest BCUT2D eigenvalue weighted by Crippen LogP contribution is -1.95. The van der Waals surface area contributed by atoms with E-state index in [4.69, 9.17) is 0 Å². The summed E-state index contributed by atoms with van der Waals surface area (Å²) in [6, 6.07) is 112. The number of hydrogen-bond acceptors (Lipinski definition) is 0.